The molecule has 0 aromatic heterocycles. The number of carboxylic acid groups (broad SMARTS) is 1. The standard InChI is InChI=1S/C24H31NO6/c1-5-25(15-17(2)19-8-12-20(29-3)13-9-19)23(26)16-31-21-10-6-18(7-11-21)14-22(30-4)24(27)28/h6-13,17,22H,5,14-16H2,1-4H3,(H,27,28)/t17?,22-/m0/s1. The molecule has 2 rings (SSSR count). The Kier molecular flexibility index (Phi) is 9.34. The van der Waals surface area contributed by atoms with Gasteiger partial charge in [-0.25, -0.2) is 4.79 Å². The van der Waals surface area contributed by atoms with Gasteiger partial charge in [0.2, 0.25) is 0 Å². The van der Waals surface area contributed by atoms with Crippen LogP contribution in [0.15, 0.2) is 48.5 Å². The molecule has 168 valence electrons. The quantitative estimate of drug-likeness (QED) is 0.557. The average Bonchev–Trinajstić information content (AvgIpc) is 2.79. The van der Waals surface area contributed by atoms with E-state index in [0.29, 0.717) is 18.8 Å². The van der Waals surface area contributed by atoms with Crippen LogP contribution >= 0.6 is 0 Å². The number of amides is 1. The SMILES string of the molecule is CCN(CC(C)c1ccc(OC)cc1)C(=O)COc1ccc(C[C@H](OC)C(=O)O)cc1. The first-order chi connectivity index (χ1) is 14.9. The van der Waals surface area contributed by atoms with Crippen LogP contribution in [0.5, 0.6) is 11.5 Å². The molecule has 2 aromatic carbocycles. The fourth-order valence-corrected chi connectivity index (χ4v) is 3.22. The van der Waals surface area contributed by atoms with Crippen molar-refractivity contribution in [3.8, 4) is 11.5 Å². The Hall–Kier alpha value is -3.06. The zero-order chi connectivity index (χ0) is 22.8. The second-order valence-corrected chi connectivity index (χ2v) is 7.31. The van der Waals surface area contributed by atoms with E-state index in [0.717, 1.165) is 16.9 Å². The number of methoxy groups -OCH3 is 2. The number of likely N-dealkylation sites (N-methyl/N-ethyl adjacent to an activating group) is 1. The zero-order valence-electron chi connectivity index (χ0n) is 18.5. The van der Waals surface area contributed by atoms with Crippen molar-refractivity contribution in [1.82, 2.24) is 4.90 Å². The van der Waals surface area contributed by atoms with Crippen molar-refractivity contribution in [2.45, 2.75) is 32.3 Å². The van der Waals surface area contributed by atoms with Gasteiger partial charge in [-0.05, 0) is 48.2 Å². The molecule has 1 unspecified atom stereocenters. The van der Waals surface area contributed by atoms with Gasteiger partial charge in [0.25, 0.3) is 5.91 Å². The predicted molar refractivity (Wildman–Crippen MR) is 118 cm³/mol. The summed E-state index contributed by atoms with van der Waals surface area (Å²) in [5.74, 6) is 0.450. The van der Waals surface area contributed by atoms with E-state index in [2.05, 4.69) is 6.92 Å². The van der Waals surface area contributed by atoms with Crippen LogP contribution in [0.3, 0.4) is 0 Å². The lowest BCUT2D eigenvalue weighted by Gasteiger charge is -2.25. The molecule has 0 aliphatic heterocycles. The highest BCUT2D eigenvalue weighted by Gasteiger charge is 2.18. The summed E-state index contributed by atoms with van der Waals surface area (Å²) >= 11 is 0. The molecule has 31 heavy (non-hydrogen) atoms. The van der Waals surface area contributed by atoms with Crippen LogP contribution in [0.4, 0.5) is 0 Å². The van der Waals surface area contributed by atoms with Gasteiger partial charge in [0.1, 0.15) is 11.5 Å². The lowest BCUT2D eigenvalue weighted by molar-refractivity contribution is -0.148. The molecule has 1 amide bonds. The third kappa shape index (κ3) is 7.29. The Labute approximate surface area is 183 Å². The number of nitrogens with zero attached hydrogens (tertiary/aromatic N) is 1. The number of hydrogen-bond acceptors (Lipinski definition) is 5. The number of carbonyl (C=O) groups is 2. The van der Waals surface area contributed by atoms with Gasteiger partial charge in [0, 0.05) is 26.6 Å². The van der Waals surface area contributed by atoms with Gasteiger partial charge in [0.05, 0.1) is 7.11 Å². The first-order valence-corrected chi connectivity index (χ1v) is 10.3. The van der Waals surface area contributed by atoms with Crippen LogP contribution in [-0.4, -0.2) is 61.9 Å². The Morgan fingerprint density at radius 2 is 1.61 bits per heavy atom. The van der Waals surface area contributed by atoms with E-state index in [4.69, 9.17) is 19.3 Å². The first kappa shape index (κ1) is 24.2. The van der Waals surface area contributed by atoms with Crippen LogP contribution < -0.4 is 9.47 Å². The molecule has 0 saturated carbocycles. The van der Waals surface area contributed by atoms with Crippen molar-refractivity contribution in [2.75, 3.05) is 33.9 Å². The van der Waals surface area contributed by atoms with E-state index >= 15 is 0 Å². The largest absolute Gasteiger partial charge is 0.497 e. The number of benzene rings is 2. The minimum absolute atomic E-state index is 0.0572. The highest BCUT2D eigenvalue weighted by Crippen LogP contribution is 2.20. The van der Waals surface area contributed by atoms with Gasteiger partial charge in [-0.2, -0.15) is 0 Å². The van der Waals surface area contributed by atoms with Crippen LogP contribution in [-0.2, 0) is 20.7 Å². The number of rotatable bonds is 12. The van der Waals surface area contributed by atoms with Gasteiger partial charge in [0.15, 0.2) is 12.7 Å². The van der Waals surface area contributed by atoms with Crippen molar-refractivity contribution in [1.29, 1.82) is 0 Å². The number of carboxylic acids is 1. The minimum Gasteiger partial charge on any atom is -0.497 e. The lowest BCUT2D eigenvalue weighted by Crippen LogP contribution is -2.37. The molecule has 0 radical (unpaired) electrons. The molecule has 0 bridgehead atoms. The van der Waals surface area contributed by atoms with Gasteiger partial charge in [-0.3, -0.25) is 4.79 Å². The van der Waals surface area contributed by atoms with Crippen molar-refractivity contribution in [2.24, 2.45) is 0 Å². The highest BCUT2D eigenvalue weighted by molar-refractivity contribution is 5.77. The maximum atomic E-state index is 12.6. The molecule has 0 heterocycles. The van der Waals surface area contributed by atoms with E-state index in [9.17, 15) is 9.59 Å². The molecular formula is C24H31NO6. The highest BCUT2D eigenvalue weighted by atomic mass is 16.5. The third-order valence-electron chi connectivity index (χ3n) is 5.18. The summed E-state index contributed by atoms with van der Waals surface area (Å²) in [6.07, 6.45) is -0.628. The maximum absolute atomic E-state index is 12.6. The van der Waals surface area contributed by atoms with Gasteiger partial charge in [-0.1, -0.05) is 31.2 Å². The minimum atomic E-state index is -1.00. The molecule has 2 atom stereocenters. The lowest BCUT2D eigenvalue weighted by atomic mass is 10.0. The summed E-state index contributed by atoms with van der Waals surface area (Å²) < 4.78 is 15.8. The smallest absolute Gasteiger partial charge is 0.333 e. The van der Waals surface area contributed by atoms with E-state index in [1.54, 1.807) is 36.3 Å². The monoisotopic (exact) mass is 429 g/mol. The maximum Gasteiger partial charge on any atom is 0.333 e. The molecular weight excluding hydrogens is 398 g/mol. The second kappa shape index (κ2) is 12.0. The second-order valence-electron chi connectivity index (χ2n) is 7.31. The predicted octanol–water partition coefficient (Wildman–Crippen LogP) is 3.37. The van der Waals surface area contributed by atoms with E-state index in [-0.39, 0.29) is 24.9 Å². The third-order valence-corrected chi connectivity index (χ3v) is 5.18. The van der Waals surface area contributed by atoms with Crippen LogP contribution in [0.2, 0.25) is 0 Å². The number of aliphatic carboxylic acids is 1. The van der Waals surface area contributed by atoms with Crippen molar-refractivity contribution >= 4 is 11.9 Å². The fraction of sp³-hybridized carbons (Fsp3) is 0.417. The van der Waals surface area contributed by atoms with E-state index in [1.807, 2.05) is 31.2 Å². The molecule has 0 fully saturated rings. The number of ether oxygens (including phenoxy) is 3. The Bertz CT molecular complexity index is 834. The first-order valence-electron chi connectivity index (χ1n) is 10.3. The normalized spacial score (nSPS) is 12.6. The average molecular weight is 430 g/mol. The van der Waals surface area contributed by atoms with E-state index in [1.165, 1.54) is 7.11 Å². The summed E-state index contributed by atoms with van der Waals surface area (Å²) in [6.45, 7) is 5.16. The number of carbonyl (C=O) groups excluding carboxylic acids is 1. The summed E-state index contributed by atoms with van der Waals surface area (Å²) in [7, 11) is 3.01. The van der Waals surface area contributed by atoms with Gasteiger partial charge in [-0.15, -0.1) is 0 Å². The molecule has 0 aliphatic rings. The Morgan fingerprint density at radius 1 is 1.00 bits per heavy atom. The van der Waals surface area contributed by atoms with Crippen molar-refractivity contribution < 1.29 is 28.9 Å². The molecule has 2 aromatic rings. The van der Waals surface area contributed by atoms with Crippen LogP contribution in [0, 0.1) is 0 Å². The Balaban J connectivity index is 1.88. The summed E-state index contributed by atoms with van der Waals surface area (Å²) in [6, 6.07) is 14.9. The zero-order valence-corrected chi connectivity index (χ0v) is 18.5. The fourth-order valence-electron chi connectivity index (χ4n) is 3.22. The molecule has 0 spiro atoms. The summed E-state index contributed by atoms with van der Waals surface area (Å²) in [4.78, 5) is 25.5. The van der Waals surface area contributed by atoms with Crippen molar-refractivity contribution in [3.63, 3.8) is 0 Å². The molecule has 1 N–H and O–H groups in total. The van der Waals surface area contributed by atoms with Gasteiger partial charge >= 0.3 is 5.97 Å². The van der Waals surface area contributed by atoms with E-state index < -0.39 is 12.1 Å². The molecule has 7 heteroatoms. The van der Waals surface area contributed by atoms with Gasteiger partial charge < -0.3 is 24.2 Å². The summed E-state index contributed by atoms with van der Waals surface area (Å²) in [5, 5.41) is 9.07. The Morgan fingerprint density at radius 3 is 2.13 bits per heavy atom. The topological polar surface area (TPSA) is 85.3 Å². The van der Waals surface area contributed by atoms with Crippen LogP contribution in [0.1, 0.15) is 30.9 Å². The molecule has 0 aliphatic carbocycles. The van der Waals surface area contributed by atoms with Crippen molar-refractivity contribution in [3.05, 3.63) is 59.7 Å². The molecule has 0 saturated heterocycles. The summed E-state index contributed by atoms with van der Waals surface area (Å²) in [5.41, 5.74) is 1.95. The molecule has 7 nitrogen and oxygen atoms in total. The van der Waals surface area contributed by atoms with Crippen LogP contribution in [0.25, 0.3) is 0 Å². The number of hydrogen-bond donors (Lipinski definition) is 1.